The van der Waals surface area contributed by atoms with Crippen molar-refractivity contribution in [3.8, 4) is 0 Å². The fraction of sp³-hybridized carbons (Fsp3) is 0.471. The highest BCUT2D eigenvalue weighted by atomic mass is 16.2. The van der Waals surface area contributed by atoms with E-state index in [0.29, 0.717) is 0 Å². The molecule has 1 amide bonds. The Kier molecular flexibility index (Phi) is 3.72. The molecular formula is C17H23N3O. The highest BCUT2D eigenvalue weighted by Gasteiger charge is 2.30. The minimum absolute atomic E-state index is 0.00483. The van der Waals surface area contributed by atoms with Crippen molar-refractivity contribution < 1.29 is 4.79 Å². The number of nitrogens with zero attached hydrogens (tertiary/aromatic N) is 3. The molecule has 1 aliphatic rings. The average molecular weight is 285 g/mol. The van der Waals surface area contributed by atoms with E-state index >= 15 is 0 Å². The molecule has 4 heteroatoms. The number of hydrogen-bond acceptors (Lipinski definition) is 2. The summed E-state index contributed by atoms with van der Waals surface area (Å²) in [6.07, 6.45) is 3.06. The lowest BCUT2D eigenvalue weighted by atomic mass is 10.1. The van der Waals surface area contributed by atoms with Gasteiger partial charge in [-0.05, 0) is 32.0 Å². The molecule has 2 heterocycles. The SMILES string of the molecule is Cc1cn(CCC2C(=O)N(C)CCN2C)c2ccccc12. The van der Waals surface area contributed by atoms with Crippen LogP contribution in [0.3, 0.4) is 0 Å². The van der Waals surface area contributed by atoms with Gasteiger partial charge in [-0.15, -0.1) is 0 Å². The van der Waals surface area contributed by atoms with E-state index in [-0.39, 0.29) is 11.9 Å². The van der Waals surface area contributed by atoms with E-state index in [4.69, 9.17) is 0 Å². The van der Waals surface area contributed by atoms with Gasteiger partial charge in [0.05, 0.1) is 6.04 Å². The molecule has 1 fully saturated rings. The van der Waals surface area contributed by atoms with Crippen LogP contribution in [0.4, 0.5) is 0 Å². The number of benzene rings is 1. The molecule has 0 N–H and O–H groups in total. The zero-order chi connectivity index (χ0) is 15.0. The van der Waals surface area contributed by atoms with Gasteiger partial charge in [-0.2, -0.15) is 0 Å². The van der Waals surface area contributed by atoms with Crippen molar-refractivity contribution in [2.45, 2.75) is 25.9 Å². The molecule has 0 saturated carbocycles. The first-order chi connectivity index (χ1) is 10.1. The molecule has 3 rings (SSSR count). The van der Waals surface area contributed by atoms with Gasteiger partial charge < -0.3 is 9.47 Å². The summed E-state index contributed by atoms with van der Waals surface area (Å²) in [5, 5.41) is 1.30. The summed E-state index contributed by atoms with van der Waals surface area (Å²) >= 11 is 0. The molecule has 1 unspecified atom stereocenters. The van der Waals surface area contributed by atoms with E-state index in [1.54, 1.807) is 0 Å². The summed E-state index contributed by atoms with van der Waals surface area (Å²) in [5.74, 6) is 0.247. The molecule has 0 radical (unpaired) electrons. The van der Waals surface area contributed by atoms with Crippen LogP contribution in [0.1, 0.15) is 12.0 Å². The predicted molar refractivity (Wildman–Crippen MR) is 85.3 cm³/mol. The van der Waals surface area contributed by atoms with E-state index in [9.17, 15) is 4.79 Å². The van der Waals surface area contributed by atoms with E-state index in [2.05, 4.69) is 53.9 Å². The molecular weight excluding hydrogens is 262 g/mol. The van der Waals surface area contributed by atoms with Crippen molar-refractivity contribution in [1.82, 2.24) is 14.4 Å². The number of carbonyl (C=O) groups excluding carboxylic acids is 1. The van der Waals surface area contributed by atoms with Crippen LogP contribution in [0, 0.1) is 6.92 Å². The Morgan fingerprint density at radius 3 is 2.76 bits per heavy atom. The number of hydrogen-bond donors (Lipinski definition) is 0. The summed E-state index contributed by atoms with van der Waals surface area (Å²) in [6, 6.07) is 8.47. The number of piperazine rings is 1. The largest absolute Gasteiger partial charge is 0.347 e. The standard InChI is InChI=1S/C17H23N3O/c1-13-12-20(15-7-5-4-6-14(13)15)9-8-16-17(21)19(3)11-10-18(16)2/h4-7,12,16H,8-11H2,1-3H3. The van der Waals surface area contributed by atoms with Crippen LogP contribution in [-0.2, 0) is 11.3 Å². The van der Waals surface area contributed by atoms with Gasteiger partial charge in [0, 0.05) is 43.8 Å². The van der Waals surface area contributed by atoms with Crippen molar-refractivity contribution >= 4 is 16.8 Å². The van der Waals surface area contributed by atoms with Crippen molar-refractivity contribution in [3.05, 3.63) is 36.0 Å². The first-order valence-corrected chi connectivity index (χ1v) is 7.57. The minimum Gasteiger partial charge on any atom is -0.347 e. The number of para-hydroxylation sites is 1. The maximum Gasteiger partial charge on any atom is 0.239 e. The predicted octanol–water partition coefficient (Wildman–Crippen LogP) is 2.11. The molecule has 1 aromatic heterocycles. The van der Waals surface area contributed by atoms with Gasteiger partial charge in [-0.25, -0.2) is 0 Å². The van der Waals surface area contributed by atoms with Gasteiger partial charge in [-0.1, -0.05) is 18.2 Å². The lowest BCUT2D eigenvalue weighted by Gasteiger charge is -2.36. The maximum atomic E-state index is 12.3. The number of rotatable bonds is 3. The quantitative estimate of drug-likeness (QED) is 0.864. The summed E-state index contributed by atoms with van der Waals surface area (Å²) in [4.78, 5) is 16.3. The maximum absolute atomic E-state index is 12.3. The molecule has 21 heavy (non-hydrogen) atoms. The third kappa shape index (κ3) is 2.56. The van der Waals surface area contributed by atoms with Crippen molar-refractivity contribution in [1.29, 1.82) is 0 Å². The van der Waals surface area contributed by atoms with E-state index in [0.717, 1.165) is 26.1 Å². The third-order valence-corrected chi connectivity index (χ3v) is 4.61. The van der Waals surface area contributed by atoms with E-state index in [1.807, 2.05) is 11.9 Å². The van der Waals surface area contributed by atoms with Crippen molar-refractivity contribution in [2.75, 3.05) is 27.2 Å². The highest BCUT2D eigenvalue weighted by molar-refractivity contribution is 5.84. The summed E-state index contributed by atoms with van der Waals surface area (Å²) in [5.41, 5.74) is 2.56. The van der Waals surface area contributed by atoms with Gasteiger partial charge >= 0.3 is 0 Å². The molecule has 1 saturated heterocycles. The number of carbonyl (C=O) groups is 1. The Labute approximate surface area is 125 Å². The number of aromatic nitrogens is 1. The van der Waals surface area contributed by atoms with E-state index in [1.165, 1.54) is 16.5 Å². The molecule has 1 aliphatic heterocycles. The van der Waals surface area contributed by atoms with Crippen LogP contribution in [-0.4, -0.2) is 53.5 Å². The second-order valence-electron chi connectivity index (χ2n) is 6.07. The van der Waals surface area contributed by atoms with Crippen molar-refractivity contribution in [3.63, 3.8) is 0 Å². The highest BCUT2D eigenvalue weighted by Crippen LogP contribution is 2.21. The summed E-state index contributed by atoms with van der Waals surface area (Å²) in [7, 11) is 3.95. The first-order valence-electron chi connectivity index (χ1n) is 7.57. The normalized spacial score (nSPS) is 20.4. The van der Waals surface area contributed by atoms with Gasteiger partial charge in [0.1, 0.15) is 0 Å². The van der Waals surface area contributed by atoms with Crippen LogP contribution in [0.25, 0.3) is 10.9 Å². The summed E-state index contributed by atoms with van der Waals surface area (Å²) in [6.45, 7) is 4.81. The van der Waals surface area contributed by atoms with Gasteiger partial charge in [0.2, 0.25) is 5.91 Å². The Bertz CT molecular complexity index is 661. The Morgan fingerprint density at radius 1 is 1.19 bits per heavy atom. The Morgan fingerprint density at radius 2 is 1.95 bits per heavy atom. The van der Waals surface area contributed by atoms with E-state index < -0.39 is 0 Å². The molecule has 112 valence electrons. The Hall–Kier alpha value is -1.81. The molecule has 0 spiro atoms. The fourth-order valence-corrected chi connectivity index (χ4v) is 3.24. The van der Waals surface area contributed by atoms with Crippen LogP contribution in [0.2, 0.25) is 0 Å². The lowest BCUT2D eigenvalue weighted by molar-refractivity contribution is -0.139. The number of fused-ring (bicyclic) bond motifs is 1. The fourth-order valence-electron chi connectivity index (χ4n) is 3.24. The zero-order valence-electron chi connectivity index (χ0n) is 13.0. The Balaban J connectivity index is 1.78. The van der Waals surface area contributed by atoms with Crippen LogP contribution < -0.4 is 0 Å². The summed E-state index contributed by atoms with van der Waals surface area (Å²) < 4.78 is 2.28. The van der Waals surface area contributed by atoms with Gasteiger partial charge in [0.25, 0.3) is 0 Å². The smallest absolute Gasteiger partial charge is 0.239 e. The zero-order valence-corrected chi connectivity index (χ0v) is 13.0. The molecule has 0 bridgehead atoms. The van der Waals surface area contributed by atoms with Crippen molar-refractivity contribution in [2.24, 2.45) is 0 Å². The molecule has 1 atom stereocenters. The molecule has 2 aromatic rings. The topological polar surface area (TPSA) is 28.5 Å². The molecule has 0 aliphatic carbocycles. The first kappa shape index (κ1) is 14.1. The van der Waals surface area contributed by atoms with Crippen LogP contribution >= 0.6 is 0 Å². The monoisotopic (exact) mass is 285 g/mol. The van der Waals surface area contributed by atoms with Crippen LogP contribution in [0.15, 0.2) is 30.5 Å². The number of aryl methyl sites for hydroxylation is 2. The second kappa shape index (κ2) is 5.53. The molecule has 1 aromatic carbocycles. The number of amides is 1. The third-order valence-electron chi connectivity index (χ3n) is 4.61. The average Bonchev–Trinajstić information content (AvgIpc) is 2.80. The molecule has 4 nitrogen and oxygen atoms in total. The number of likely N-dealkylation sites (N-methyl/N-ethyl adjacent to an activating group) is 2. The van der Waals surface area contributed by atoms with Gasteiger partial charge in [0.15, 0.2) is 0 Å². The minimum atomic E-state index is 0.00483. The van der Waals surface area contributed by atoms with Crippen LogP contribution in [0.5, 0.6) is 0 Å². The second-order valence-corrected chi connectivity index (χ2v) is 6.07. The van der Waals surface area contributed by atoms with Gasteiger partial charge in [-0.3, -0.25) is 9.69 Å². The lowest BCUT2D eigenvalue weighted by Crippen LogP contribution is -2.54.